The van der Waals surface area contributed by atoms with Gasteiger partial charge in [0.1, 0.15) is 0 Å². The predicted molar refractivity (Wildman–Crippen MR) is 50.8 cm³/mol. The third-order valence-corrected chi connectivity index (χ3v) is 2.75. The minimum absolute atomic E-state index is 0.123. The van der Waals surface area contributed by atoms with Crippen molar-refractivity contribution in [1.29, 1.82) is 0 Å². The van der Waals surface area contributed by atoms with Crippen LogP contribution in [0, 0.1) is 0 Å². The lowest BCUT2D eigenvalue weighted by molar-refractivity contribution is -0.117. The van der Waals surface area contributed by atoms with Gasteiger partial charge in [0.2, 0.25) is 5.91 Å². The molecule has 0 radical (unpaired) electrons. The second kappa shape index (κ2) is 4.06. The first-order valence-corrected chi connectivity index (χ1v) is 4.63. The molecule has 0 aromatic carbocycles. The van der Waals surface area contributed by atoms with Crippen molar-refractivity contribution in [3.63, 3.8) is 0 Å². The van der Waals surface area contributed by atoms with Crippen LogP contribution in [0.1, 0.15) is 0 Å². The standard InChI is InChI=1S/C7H10INO2/c1-2-7(10)9-6-4-11-3-5(6)8/h2,5-6H,1,3-4H2,(H,9,10). The quantitative estimate of drug-likeness (QED) is 0.449. The molecule has 0 aromatic rings. The van der Waals surface area contributed by atoms with Gasteiger partial charge in [-0.15, -0.1) is 0 Å². The number of alkyl halides is 1. The Morgan fingerprint density at radius 3 is 2.91 bits per heavy atom. The average molecular weight is 267 g/mol. The SMILES string of the molecule is C=CC(=O)NC1COCC1I. The van der Waals surface area contributed by atoms with Crippen LogP contribution in [0.2, 0.25) is 0 Å². The number of halogens is 1. The third kappa shape index (κ3) is 2.44. The highest BCUT2D eigenvalue weighted by Gasteiger charge is 2.26. The number of carbonyl (C=O) groups excluding carboxylic acids is 1. The molecule has 3 nitrogen and oxygen atoms in total. The minimum atomic E-state index is -0.123. The summed E-state index contributed by atoms with van der Waals surface area (Å²) < 4.78 is 5.54. The molecule has 0 aliphatic carbocycles. The summed E-state index contributed by atoms with van der Waals surface area (Å²) >= 11 is 2.27. The van der Waals surface area contributed by atoms with Gasteiger partial charge in [-0.05, 0) is 6.08 Å². The van der Waals surface area contributed by atoms with Gasteiger partial charge >= 0.3 is 0 Å². The molecule has 62 valence electrons. The molecular formula is C7H10INO2. The molecule has 1 N–H and O–H groups in total. The average Bonchev–Trinajstić information content (AvgIpc) is 2.37. The van der Waals surface area contributed by atoms with E-state index in [1.807, 2.05) is 0 Å². The van der Waals surface area contributed by atoms with Gasteiger partial charge in [0.25, 0.3) is 0 Å². The van der Waals surface area contributed by atoms with Crippen LogP contribution in [0.3, 0.4) is 0 Å². The molecule has 11 heavy (non-hydrogen) atoms. The summed E-state index contributed by atoms with van der Waals surface area (Å²) in [6.07, 6.45) is 1.28. The van der Waals surface area contributed by atoms with Crippen molar-refractivity contribution in [3.8, 4) is 0 Å². The molecule has 1 aliphatic heterocycles. The van der Waals surface area contributed by atoms with E-state index in [1.165, 1.54) is 6.08 Å². The topological polar surface area (TPSA) is 38.3 Å². The number of amides is 1. The fourth-order valence-electron chi connectivity index (χ4n) is 0.902. The molecule has 0 saturated carbocycles. The number of hydrogen-bond acceptors (Lipinski definition) is 2. The van der Waals surface area contributed by atoms with Gasteiger partial charge in [-0.1, -0.05) is 29.2 Å². The molecule has 1 heterocycles. The molecule has 0 aromatic heterocycles. The Bertz CT molecular complexity index is 172. The molecule has 1 amide bonds. The summed E-state index contributed by atoms with van der Waals surface area (Å²) in [7, 11) is 0. The van der Waals surface area contributed by atoms with Gasteiger partial charge in [0.05, 0.1) is 23.2 Å². The summed E-state index contributed by atoms with van der Waals surface area (Å²) in [4.78, 5) is 10.8. The first-order valence-electron chi connectivity index (χ1n) is 3.39. The zero-order chi connectivity index (χ0) is 8.27. The van der Waals surface area contributed by atoms with Crippen LogP contribution in [0.15, 0.2) is 12.7 Å². The van der Waals surface area contributed by atoms with E-state index >= 15 is 0 Å². The maximum atomic E-state index is 10.8. The highest BCUT2D eigenvalue weighted by Crippen LogP contribution is 2.14. The Balaban J connectivity index is 2.36. The van der Waals surface area contributed by atoms with E-state index in [2.05, 4.69) is 34.5 Å². The summed E-state index contributed by atoms with van der Waals surface area (Å²) in [6.45, 7) is 4.72. The largest absolute Gasteiger partial charge is 0.378 e. The third-order valence-electron chi connectivity index (χ3n) is 1.52. The van der Waals surface area contributed by atoms with Gasteiger partial charge in [0.15, 0.2) is 0 Å². The Hall–Kier alpha value is -0.100. The van der Waals surface area contributed by atoms with E-state index < -0.39 is 0 Å². The summed E-state index contributed by atoms with van der Waals surface area (Å²) in [6, 6.07) is 0.154. The summed E-state index contributed by atoms with van der Waals surface area (Å²) in [5, 5.41) is 2.79. The molecule has 0 spiro atoms. The molecule has 0 bridgehead atoms. The first-order chi connectivity index (χ1) is 5.24. The molecule has 4 heteroatoms. The normalized spacial score (nSPS) is 29.9. The number of hydrogen-bond donors (Lipinski definition) is 1. The Labute approximate surface area is 79.3 Å². The molecular weight excluding hydrogens is 257 g/mol. The van der Waals surface area contributed by atoms with Crippen molar-refractivity contribution in [1.82, 2.24) is 5.32 Å². The van der Waals surface area contributed by atoms with Crippen LogP contribution >= 0.6 is 22.6 Å². The Kier molecular flexibility index (Phi) is 3.32. The lowest BCUT2D eigenvalue weighted by Crippen LogP contribution is -2.39. The Morgan fingerprint density at radius 1 is 1.73 bits per heavy atom. The van der Waals surface area contributed by atoms with Gasteiger partial charge in [-0.3, -0.25) is 4.79 Å². The molecule has 2 unspecified atom stereocenters. The molecule has 1 rings (SSSR count). The molecule has 1 saturated heterocycles. The Morgan fingerprint density at radius 2 is 2.45 bits per heavy atom. The van der Waals surface area contributed by atoms with E-state index in [0.717, 1.165) is 6.61 Å². The number of carbonyl (C=O) groups is 1. The maximum Gasteiger partial charge on any atom is 0.243 e. The van der Waals surface area contributed by atoms with Crippen molar-refractivity contribution >= 4 is 28.5 Å². The zero-order valence-corrected chi connectivity index (χ0v) is 8.21. The van der Waals surface area contributed by atoms with E-state index in [1.54, 1.807) is 0 Å². The monoisotopic (exact) mass is 267 g/mol. The lowest BCUT2D eigenvalue weighted by Gasteiger charge is -2.11. The molecule has 1 aliphatic rings. The number of rotatable bonds is 2. The van der Waals surface area contributed by atoms with Crippen LogP contribution < -0.4 is 5.32 Å². The van der Waals surface area contributed by atoms with Crippen LogP contribution in [0.4, 0.5) is 0 Å². The zero-order valence-electron chi connectivity index (χ0n) is 6.05. The highest BCUT2D eigenvalue weighted by atomic mass is 127. The van der Waals surface area contributed by atoms with Crippen LogP contribution in [0.25, 0.3) is 0 Å². The maximum absolute atomic E-state index is 10.8. The van der Waals surface area contributed by atoms with Gasteiger partial charge < -0.3 is 10.1 Å². The number of ether oxygens (including phenoxy) is 1. The highest BCUT2D eigenvalue weighted by molar-refractivity contribution is 14.1. The van der Waals surface area contributed by atoms with Gasteiger partial charge in [0, 0.05) is 0 Å². The fraction of sp³-hybridized carbons (Fsp3) is 0.571. The van der Waals surface area contributed by atoms with E-state index in [0.29, 0.717) is 10.5 Å². The van der Waals surface area contributed by atoms with Gasteiger partial charge in [-0.25, -0.2) is 0 Å². The molecule has 2 atom stereocenters. The van der Waals surface area contributed by atoms with Crippen molar-refractivity contribution in [3.05, 3.63) is 12.7 Å². The van der Waals surface area contributed by atoms with Crippen molar-refractivity contribution in [2.45, 2.75) is 9.97 Å². The van der Waals surface area contributed by atoms with Gasteiger partial charge in [-0.2, -0.15) is 0 Å². The van der Waals surface area contributed by atoms with Crippen molar-refractivity contribution in [2.75, 3.05) is 13.2 Å². The van der Waals surface area contributed by atoms with Crippen LogP contribution in [-0.4, -0.2) is 29.1 Å². The second-order valence-electron chi connectivity index (χ2n) is 2.37. The smallest absolute Gasteiger partial charge is 0.243 e. The first kappa shape index (κ1) is 8.99. The van der Waals surface area contributed by atoms with E-state index in [4.69, 9.17) is 4.74 Å². The summed E-state index contributed by atoms with van der Waals surface area (Å²) in [5.41, 5.74) is 0. The fourth-order valence-corrected chi connectivity index (χ4v) is 1.54. The van der Waals surface area contributed by atoms with E-state index in [9.17, 15) is 4.79 Å². The minimum Gasteiger partial charge on any atom is -0.378 e. The predicted octanol–water partition coefficient (Wildman–Crippen LogP) is 0.491. The van der Waals surface area contributed by atoms with Crippen molar-refractivity contribution < 1.29 is 9.53 Å². The van der Waals surface area contributed by atoms with E-state index in [-0.39, 0.29) is 11.9 Å². The molecule has 1 fully saturated rings. The lowest BCUT2D eigenvalue weighted by atomic mass is 10.2. The van der Waals surface area contributed by atoms with Crippen molar-refractivity contribution in [2.24, 2.45) is 0 Å². The van der Waals surface area contributed by atoms with Crippen LogP contribution in [-0.2, 0) is 9.53 Å². The number of nitrogens with one attached hydrogen (secondary N) is 1. The second-order valence-corrected chi connectivity index (χ2v) is 3.97. The summed E-state index contributed by atoms with van der Waals surface area (Å²) in [5.74, 6) is -0.123. The van der Waals surface area contributed by atoms with Crippen LogP contribution in [0.5, 0.6) is 0 Å².